The molecule has 0 saturated carbocycles. The Balaban J connectivity index is 2.33. The number of rotatable bonds is 6. The van der Waals surface area contributed by atoms with Crippen molar-refractivity contribution in [1.29, 1.82) is 0 Å². The summed E-state index contributed by atoms with van der Waals surface area (Å²) in [5.74, 6) is -0.218. The lowest BCUT2D eigenvalue weighted by molar-refractivity contribution is -0.129. The van der Waals surface area contributed by atoms with Gasteiger partial charge in [0, 0.05) is 19.8 Å². The number of amides is 1. The molecule has 1 aliphatic rings. The Morgan fingerprint density at radius 3 is 2.75 bits per heavy atom. The van der Waals surface area contributed by atoms with Crippen molar-refractivity contribution in [2.45, 2.75) is 18.4 Å². The number of hydrogen-bond acceptors (Lipinski definition) is 5. The van der Waals surface area contributed by atoms with E-state index < -0.39 is 5.54 Å². The molecule has 0 unspecified atom stereocenters. The largest absolute Gasteiger partial charge is 0.394 e. The van der Waals surface area contributed by atoms with Crippen LogP contribution in [-0.4, -0.2) is 56.1 Å². The summed E-state index contributed by atoms with van der Waals surface area (Å²) in [5.41, 5.74) is 4.70. The van der Waals surface area contributed by atoms with E-state index in [1.165, 1.54) is 0 Å². The van der Waals surface area contributed by atoms with Crippen molar-refractivity contribution in [1.82, 2.24) is 5.32 Å². The number of carbonyl (C=O) groups excluding carboxylic acids is 1. The zero-order valence-electron chi connectivity index (χ0n) is 9.41. The fourth-order valence-electron chi connectivity index (χ4n) is 1.66. The standard InChI is InChI=1S/C10H20N2O4/c11-3-6-16-7-9(14)12-10(8-13)1-4-15-5-2-10/h13H,1-8,11H2,(H,12,14). The van der Waals surface area contributed by atoms with Gasteiger partial charge >= 0.3 is 0 Å². The molecule has 1 saturated heterocycles. The number of aliphatic hydroxyl groups excluding tert-OH is 1. The van der Waals surface area contributed by atoms with Gasteiger partial charge in [-0.15, -0.1) is 0 Å². The first-order valence-corrected chi connectivity index (χ1v) is 5.50. The SMILES string of the molecule is NCCOCC(=O)NC1(CO)CCOCC1. The molecule has 0 radical (unpaired) electrons. The molecule has 94 valence electrons. The first-order chi connectivity index (χ1) is 7.72. The van der Waals surface area contributed by atoms with Crippen LogP contribution < -0.4 is 11.1 Å². The average Bonchev–Trinajstić information content (AvgIpc) is 2.30. The van der Waals surface area contributed by atoms with E-state index in [1.54, 1.807) is 0 Å². The minimum Gasteiger partial charge on any atom is -0.394 e. The lowest BCUT2D eigenvalue weighted by Crippen LogP contribution is -2.55. The van der Waals surface area contributed by atoms with Crippen molar-refractivity contribution in [3.63, 3.8) is 0 Å². The molecular weight excluding hydrogens is 212 g/mol. The minimum absolute atomic E-state index is 0.0141. The Kier molecular flexibility index (Phi) is 5.68. The highest BCUT2D eigenvalue weighted by Gasteiger charge is 2.33. The molecule has 0 aromatic heterocycles. The van der Waals surface area contributed by atoms with Gasteiger partial charge < -0.3 is 25.6 Å². The van der Waals surface area contributed by atoms with Crippen molar-refractivity contribution < 1.29 is 19.4 Å². The van der Waals surface area contributed by atoms with Crippen LogP contribution in [0.1, 0.15) is 12.8 Å². The van der Waals surface area contributed by atoms with E-state index >= 15 is 0 Å². The first-order valence-electron chi connectivity index (χ1n) is 5.50. The van der Waals surface area contributed by atoms with Gasteiger partial charge in [-0.3, -0.25) is 4.79 Å². The molecule has 0 bridgehead atoms. The normalized spacial score (nSPS) is 19.4. The molecular formula is C10H20N2O4. The number of aliphatic hydroxyl groups is 1. The van der Waals surface area contributed by atoms with Gasteiger partial charge in [0.2, 0.25) is 5.91 Å². The molecule has 6 heteroatoms. The van der Waals surface area contributed by atoms with E-state index in [-0.39, 0.29) is 19.1 Å². The van der Waals surface area contributed by atoms with E-state index in [2.05, 4.69) is 5.32 Å². The third kappa shape index (κ3) is 4.05. The summed E-state index contributed by atoms with van der Waals surface area (Å²) in [4.78, 5) is 11.5. The quantitative estimate of drug-likeness (QED) is 0.491. The number of carbonyl (C=O) groups is 1. The van der Waals surface area contributed by atoms with Gasteiger partial charge in [0.05, 0.1) is 18.8 Å². The van der Waals surface area contributed by atoms with Crippen molar-refractivity contribution in [3.8, 4) is 0 Å². The highest BCUT2D eigenvalue weighted by molar-refractivity contribution is 5.78. The van der Waals surface area contributed by atoms with E-state index in [0.717, 1.165) is 0 Å². The summed E-state index contributed by atoms with van der Waals surface area (Å²) in [6.07, 6.45) is 1.26. The van der Waals surface area contributed by atoms with Gasteiger partial charge in [0.25, 0.3) is 0 Å². The molecule has 1 rings (SSSR count). The Labute approximate surface area is 95.1 Å². The molecule has 6 nitrogen and oxygen atoms in total. The Morgan fingerprint density at radius 1 is 1.50 bits per heavy atom. The third-order valence-electron chi connectivity index (χ3n) is 2.65. The van der Waals surface area contributed by atoms with Crippen LogP contribution in [0, 0.1) is 0 Å². The second-order valence-electron chi connectivity index (χ2n) is 3.94. The highest BCUT2D eigenvalue weighted by atomic mass is 16.5. The van der Waals surface area contributed by atoms with Crippen LogP contribution in [0.25, 0.3) is 0 Å². The van der Waals surface area contributed by atoms with E-state index in [9.17, 15) is 9.90 Å². The monoisotopic (exact) mass is 232 g/mol. The van der Waals surface area contributed by atoms with Gasteiger partial charge in [-0.25, -0.2) is 0 Å². The molecule has 1 fully saturated rings. The summed E-state index contributed by atoms with van der Waals surface area (Å²) in [5, 5.41) is 12.1. The smallest absolute Gasteiger partial charge is 0.246 e. The van der Waals surface area contributed by atoms with Crippen molar-refractivity contribution >= 4 is 5.91 Å². The molecule has 0 spiro atoms. The maximum Gasteiger partial charge on any atom is 0.246 e. The molecule has 16 heavy (non-hydrogen) atoms. The maximum absolute atomic E-state index is 11.5. The molecule has 0 atom stereocenters. The summed E-state index contributed by atoms with van der Waals surface area (Å²) in [6.45, 7) is 1.79. The average molecular weight is 232 g/mol. The topological polar surface area (TPSA) is 93.8 Å². The van der Waals surface area contributed by atoms with Gasteiger partial charge in [-0.2, -0.15) is 0 Å². The molecule has 1 heterocycles. The van der Waals surface area contributed by atoms with Crippen LogP contribution >= 0.6 is 0 Å². The van der Waals surface area contributed by atoms with Crippen molar-refractivity contribution in [3.05, 3.63) is 0 Å². The Morgan fingerprint density at radius 2 is 2.19 bits per heavy atom. The second kappa shape index (κ2) is 6.80. The summed E-state index contributed by atoms with van der Waals surface area (Å²) >= 11 is 0. The van der Waals surface area contributed by atoms with Crippen LogP contribution in [0.5, 0.6) is 0 Å². The van der Waals surface area contributed by atoms with Gasteiger partial charge in [-0.05, 0) is 12.8 Å². The molecule has 0 aromatic rings. The maximum atomic E-state index is 11.5. The lowest BCUT2D eigenvalue weighted by Gasteiger charge is -2.36. The summed E-state index contributed by atoms with van der Waals surface area (Å²) < 4.78 is 10.2. The van der Waals surface area contributed by atoms with Crippen LogP contribution in [0.3, 0.4) is 0 Å². The van der Waals surface area contributed by atoms with Crippen molar-refractivity contribution in [2.75, 3.05) is 39.6 Å². The highest BCUT2D eigenvalue weighted by Crippen LogP contribution is 2.19. The second-order valence-corrected chi connectivity index (χ2v) is 3.94. The van der Waals surface area contributed by atoms with Gasteiger partial charge in [-0.1, -0.05) is 0 Å². The number of hydrogen-bond donors (Lipinski definition) is 3. The Hall–Kier alpha value is -0.690. The van der Waals surface area contributed by atoms with Crippen molar-refractivity contribution in [2.24, 2.45) is 5.73 Å². The zero-order valence-corrected chi connectivity index (χ0v) is 9.41. The van der Waals surface area contributed by atoms with Crippen LogP contribution in [-0.2, 0) is 14.3 Å². The van der Waals surface area contributed by atoms with E-state index in [4.69, 9.17) is 15.2 Å². The molecule has 0 aliphatic carbocycles. The fraction of sp³-hybridized carbons (Fsp3) is 0.900. The predicted molar refractivity (Wildman–Crippen MR) is 57.9 cm³/mol. The molecule has 4 N–H and O–H groups in total. The number of nitrogens with one attached hydrogen (secondary N) is 1. The first kappa shape index (κ1) is 13.4. The van der Waals surface area contributed by atoms with Crippen LogP contribution in [0.2, 0.25) is 0 Å². The van der Waals surface area contributed by atoms with Gasteiger partial charge in [0.1, 0.15) is 6.61 Å². The predicted octanol–water partition coefficient (Wildman–Crippen LogP) is -1.38. The lowest BCUT2D eigenvalue weighted by atomic mass is 9.91. The summed E-state index contributed by atoms with van der Waals surface area (Å²) in [7, 11) is 0. The summed E-state index contributed by atoms with van der Waals surface area (Å²) in [6, 6.07) is 0. The molecule has 1 aliphatic heterocycles. The Bertz CT molecular complexity index is 217. The van der Waals surface area contributed by atoms with Crippen LogP contribution in [0.4, 0.5) is 0 Å². The van der Waals surface area contributed by atoms with Gasteiger partial charge in [0.15, 0.2) is 0 Å². The molecule has 0 aromatic carbocycles. The molecule has 1 amide bonds. The van der Waals surface area contributed by atoms with E-state index in [0.29, 0.717) is 39.2 Å². The minimum atomic E-state index is -0.540. The number of ether oxygens (including phenoxy) is 2. The third-order valence-corrected chi connectivity index (χ3v) is 2.65. The van der Waals surface area contributed by atoms with Crippen LogP contribution in [0.15, 0.2) is 0 Å². The van der Waals surface area contributed by atoms with E-state index in [1.807, 2.05) is 0 Å². The fourth-order valence-corrected chi connectivity index (χ4v) is 1.66. The zero-order chi connectivity index (χ0) is 11.9. The number of nitrogens with two attached hydrogens (primary N) is 1.